The van der Waals surface area contributed by atoms with Crippen LogP contribution in [0.2, 0.25) is 0 Å². The average Bonchev–Trinajstić information content (AvgIpc) is 1.62. The van der Waals surface area contributed by atoms with E-state index in [1.54, 1.807) is 59.9 Å². The lowest BCUT2D eigenvalue weighted by atomic mass is 9.98. The number of aliphatic carboxylic acids is 2. The molecule has 0 bridgehead atoms. The summed E-state index contributed by atoms with van der Waals surface area (Å²) in [5, 5.41) is 30.7. The van der Waals surface area contributed by atoms with E-state index in [0.717, 1.165) is 60.8 Å². The van der Waals surface area contributed by atoms with Crippen molar-refractivity contribution in [2.24, 2.45) is 0 Å². The molecule has 16 rings (SSSR count). The largest absolute Gasteiger partial charge is 0.481 e. The molecule has 26 heteroatoms. The van der Waals surface area contributed by atoms with Crippen molar-refractivity contribution in [2.75, 3.05) is 62.1 Å². The maximum atomic E-state index is 14.1. The van der Waals surface area contributed by atoms with E-state index in [9.17, 15) is 60.9 Å². The molecule has 3 aromatic heterocycles. The molecule has 10 aromatic carbocycles. The molecule has 3 aliphatic rings. The van der Waals surface area contributed by atoms with Crippen molar-refractivity contribution in [1.29, 1.82) is 0 Å². The lowest BCUT2D eigenvalue weighted by Crippen LogP contribution is -2.41. The van der Waals surface area contributed by atoms with Gasteiger partial charge in [0.25, 0.3) is 0 Å². The first kappa shape index (κ1) is 82.1. The zero-order valence-electron chi connectivity index (χ0n) is 66.1. The number of amides is 3. The molecule has 2 N–H and O–H groups in total. The Morgan fingerprint density at radius 2 is 0.563 bits per heavy atom. The zero-order chi connectivity index (χ0) is 83.9. The Kier molecular flexibility index (Phi) is 24.8. The number of rotatable bonds is 25. The van der Waals surface area contributed by atoms with Crippen LogP contribution >= 0.6 is 0 Å². The highest BCUT2D eigenvalue weighted by Crippen LogP contribution is 2.48. The predicted molar refractivity (Wildman–Crippen MR) is 440 cm³/mol. The van der Waals surface area contributed by atoms with Crippen LogP contribution in [0.5, 0.6) is 5.75 Å². The highest BCUT2D eigenvalue weighted by Gasteiger charge is 2.35. The third-order valence-corrected chi connectivity index (χ3v) is 22.2. The van der Waals surface area contributed by atoms with Crippen LogP contribution in [-0.2, 0) is 67.9 Å². The average molecular weight is 1620 g/mol. The number of para-hydroxylation sites is 3. The number of carboxylic acids is 2. The molecule has 13 aromatic rings. The molecular formula is C93H86F5N9O12. The molecule has 3 heterocycles. The minimum absolute atomic E-state index is 0.00129. The summed E-state index contributed by atoms with van der Waals surface area (Å²) in [5.41, 5.74) is 19.0. The molecule has 0 saturated carbocycles. The lowest BCUT2D eigenvalue weighted by molar-refractivity contribution is -0.138. The van der Waals surface area contributed by atoms with E-state index < -0.39 is 77.4 Å². The normalized spacial score (nSPS) is 12.5. The van der Waals surface area contributed by atoms with E-state index in [-0.39, 0.29) is 63.5 Å². The van der Waals surface area contributed by atoms with Gasteiger partial charge in [0, 0.05) is 113 Å². The summed E-state index contributed by atoms with van der Waals surface area (Å²) >= 11 is 0. The summed E-state index contributed by atoms with van der Waals surface area (Å²) in [7, 11) is 10.3. The molecule has 119 heavy (non-hydrogen) atoms. The van der Waals surface area contributed by atoms with E-state index in [2.05, 4.69) is 53.3 Å². The number of carboxylic acid groups (broad SMARTS) is 2. The van der Waals surface area contributed by atoms with Crippen molar-refractivity contribution < 1.29 is 79.9 Å². The van der Waals surface area contributed by atoms with Crippen molar-refractivity contribution in [3.05, 3.63) is 316 Å². The first-order valence-corrected chi connectivity index (χ1v) is 38.7. The van der Waals surface area contributed by atoms with Gasteiger partial charge in [-0.3, -0.25) is 14.4 Å². The fourth-order valence-electron chi connectivity index (χ4n) is 15.9. The number of hydrogen-bond donors (Lipinski definition) is 2. The van der Waals surface area contributed by atoms with Gasteiger partial charge >= 0.3 is 36.2 Å². The number of carbonyl (C=O) groups excluding carboxylic acids is 4. The molecule has 610 valence electrons. The van der Waals surface area contributed by atoms with Crippen molar-refractivity contribution >= 4 is 68.9 Å². The first-order valence-electron chi connectivity index (χ1n) is 38.7. The minimum atomic E-state index is -2.35. The second-order valence-electron chi connectivity index (χ2n) is 29.4. The zero-order valence-corrected chi connectivity index (χ0v) is 66.1. The van der Waals surface area contributed by atoms with Gasteiger partial charge in [0.1, 0.15) is 19.8 Å². The molecule has 0 atom stereocenters. The number of carbonyl (C=O) groups is 6. The Hall–Kier alpha value is -13.4. The number of aromatic nitrogens is 3. The van der Waals surface area contributed by atoms with Crippen LogP contribution in [0.25, 0.3) is 66.1 Å². The van der Waals surface area contributed by atoms with E-state index >= 15 is 0 Å². The third-order valence-electron chi connectivity index (χ3n) is 22.2. The Bertz CT molecular complexity index is 5620. The lowest BCUT2D eigenvalue weighted by Gasteiger charge is -2.28. The van der Waals surface area contributed by atoms with Gasteiger partial charge in [-0.15, -0.1) is 0 Å². The van der Waals surface area contributed by atoms with E-state index in [4.69, 9.17) is 14.2 Å². The quantitative estimate of drug-likeness (QED) is 0.0104. The Morgan fingerprint density at radius 3 is 0.832 bits per heavy atom. The standard InChI is InChI=1S/C35H28F5N3O4.2C29H29N3O4/c1-41(42(2)35(45)46-19-26-24-12-6-4-10-22(24)23-11-5-7-13-25(23)26)18-21-17-20-9-3-8-14-27(20)43(21)16-15-28(44)47-34-32(39)30(37)29(36)31(38)33(34)40;2*1-30(18-21-17-20-9-3-8-14-27(20)32(21)16-15-28(33)34)31(2)29(35)36-19-26-24-12-6-4-10-22(24)23-11-5-7-13-25(23)26/h3-14,17,26H,15-16,18-19H2,1-2H3;2*3-14,17,26H,15-16,18-19H2,1-2H3,(H,33,34). The van der Waals surface area contributed by atoms with Gasteiger partial charge in [-0.1, -0.05) is 200 Å². The number of halogens is 5. The number of fused-ring (bicyclic) bond motifs is 12. The van der Waals surface area contributed by atoms with Crippen LogP contribution in [0, 0.1) is 29.1 Å². The number of aryl methyl sites for hydroxylation is 3. The topological polar surface area (TPSA) is 214 Å². The van der Waals surface area contributed by atoms with Crippen molar-refractivity contribution in [2.45, 2.75) is 76.3 Å². The SMILES string of the molecule is CN(Cc1cc2ccccc2n1CCC(=O)O)N(C)C(=O)OCC1c2ccccc2-c2ccccc21.CN(Cc1cc2ccccc2n1CCC(=O)O)N(C)C(=O)OCC1c2ccccc2-c2ccccc21.CN(Cc1cc2ccccc2n1CCC(=O)Oc1c(F)c(F)c(F)c(F)c1F)N(C)C(=O)OCC1c2ccccc2-c2ccccc21. The van der Waals surface area contributed by atoms with Crippen LogP contribution < -0.4 is 4.74 Å². The summed E-state index contributed by atoms with van der Waals surface area (Å²) in [6.45, 7) is 2.34. The Labute approximate surface area is 682 Å². The molecule has 0 saturated heterocycles. The monoisotopic (exact) mass is 1620 g/mol. The van der Waals surface area contributed by atoms with Crippen LogP contribution in [0.4, 0.5) is 36.3 Å². The summed E-state index contributed by atoms with van der Waals surface area (Å²) in [4.78, 5) is 74.1. The summed E-state index contributed by atoms with van der Waals surface area (Å²) in [6.07, 6.45) is -1.87. The molecule has 3 amide bonds. The van der Waals surface area contributed by atoms with Crippen molar-refractivity contribution in [3.8, 4) is 39.1 Å². The molecule has 0 unspecified atom stereocenters. The van der Waals surface area contributed by atoms with Crippen molar-refractivity contribution in [1.82, 2.24) is 43.8 Å². The second kappa shape index (κ2) is 36.0. The maximum absolute atomic E-state index is 14.1. The van der Waals surface area contributed by atoms with Gasteiger partial charge in [-0.05, 0) is 119 Å². The molecule has 0 aliphatic heterocycles. The Balaban J connectivity index is 0.000000148. The fourth-order valence-corrected chi connectivity index (χ4v) is 15.9. The van der Waals surface area contributed by atoms with Gasteiger partial charge < -0.3 is 42.9 Å². The maximum Gasteiger partial charge on any atom is 0.424 e. The number of esters is 1. The van der Waals surface area contributed by atoms with Gasteiger partial charge in [-0.25, -0.2) is 57.6 Å². The van der Waals surface area contributed by atoms with E-state index in [1.165, 1.54) is 59.5 Å². The number of hydrazine groups is 3. The predicted octanol–water partition coefficient (Wildman–Crippen LogP) is 18.2. The molecular weight excluding hydrogens is 1530 g/mol. The first-order chi connectivity index (χ1) is 57.4. The highest BCUT2D eigenvalue weighted by molar-refractivity contribution is 5.86. The summed E-state index contributed by atoms with van der Waals surface area (Å²) in [6, 6.07) is 78.0. The number of benzene rings is 10. The van der Waals surface area contributed by atoms with Crippen LogP contribution in [0.1, 0.15) is 87.5 Å². The molecule has 0 fully saturated rings. The van der Waals surface area contributed by atoms with E-state index in [1.807, 2.05) is 199 Å². The van der Waals surface area contributed by atoms with Gasteiger partial charge in [0.05, 0.1) is 38.9 Å². The number of nitrogens with zero attached hydrogens (tertiary/aromatic N) is 9. The van der Waals surface area contributed by atoms with Crippen LogP contribution in [0.15, 0.2) is 237 Å². The number of ether oxygens (including phenoxy) is 4. The van der Waals surface area contributed by atoms with E-state index in [0.29, 0.717) is 37.4 Å². The number of hydrogen-bond acceptors (Lipinski definition) is 13. The minimum Gasteiger partial charge on any atom is -0.481 e. The van der Waals surface area contributed by atoms with Crippen LogP contribution in [0.3, 0.4) is 0 Å². The Morgan fingerprint density at radius 1 is 0.328 bits per heavy atom. The van der Waals surface area contributed by atoms with Gasteiger partial charge in [-0.2, -0.15) is 8.78 Å². The highest BCUT2D eigenvalue weighted by atomic mass is 19.2. The molecule has 0 spiro atoms. The molecule has 0 radical (unpaired) electrons. The van der Waals surface area contributed by atoms with Gasteiger partial charge in [0.15, 0.2) is 0 Å². The van der Waals surface area contributed by atoms with Gasteiger partial charge in [0.2, 0.25) is 34.8 Å². The smallest absolute Gasteiger partial charge is 0.424 e. The summed E-state index contributed by atoms with van der Waals surface area (Å²) < 4.78 is 96.3. The van der Waals surface area contributed by atoms with Crippen molar-refractivity contribution in [3.63, 3.8) is 0 Å². The second-order valence-corrected chi connectivity index (χ2v) is 29.4. The fraction of sp³-hybridized carbons (Fsp3) is 0.226. The third kappa shape index (κ3) is 17.4. The molecule has 21 nitrogen and oxygen atoms in total. The molecule has 3 aliphatic carbocycles. The van der Waals surface area contributed by atoms with Crippen LogP contribution in [-0.4, -0.2) is 152 Å². The summed E-state index contributed by atoms with van der Waals surface area (Å²) in [5.74, 6) is -15.9.